The van der Waals surface area contributed by atoms with Crippen LogP contribution in [0.5, 0.6) is 23.0 Å². The number of para-hydroxylation sites is 5. The minimum Gasteiger partial charge on any atom is -0.458 e. The maximum absolute atomic E-state index is 7.11. The Labute approximate surface area is 341 Å². The number of hydrogen-bond acceptors (Lipinski definition) is 5. The van der Waals surface area contributed by atoms with Gasteiger partial charge in [0, 0.05) is 60.9 Å². The van der Waals surface area contributed by atoms with Crippen LogP contribution in [-0.2, 0) is 0 Å². The number of benzene rings is 9. The van der Waals surface area contributed by atoms with Crippen LogP contribution in [-0.4, -0.2) is 6.71 Å². The first-order valence-corrected chi connectivity index (χ1v) is 20.4. The van der Waals surface area contributed by atoms with Gasteiger partial charge in [-0.15, -0.1) is 0 Å². The van der Waals surface area contributed by atoms with Crippen molar-refractivity contribution in [2.75, 3.05) is 9.80 Å². The summed E-state index contributed by atoms with van der Waals surface area (Å²) in [5.41, 5.74) is 12.2. The molecule has 0 unspecified atom stereocenters. The lowest BCUT2D eigenvalue weighted by atomic mass is 9.35. The molecule has 272 valence electrons. The van der Waals surface area contributed by atoms with E-state index in [9.17, 15) is 0 Å². The zero-order valence-electron chi connectivity index (χ0n) is 31.2. The molecule has 58 heavy (non-hydrogen) atoms. The van der Waals surface area contributed by atoms with E-state index in [0.717, 1.165) is 73.5 Å². The van der Waals surface area contributed by atoms with Gasteiger partial charge in [-0.25, -0.2) is 0 Å². The Bertz CT molecular complexity index is 2970. The summed E-state index contributed by atoms with van der Waals surface area (Å²) in [6.07, 6.45) is 0. The number of fused-ring (bicyclic) bond motifs is 6. The van der Waals surface area contributed by atoms with Crippen molar-refractivity contribution >= 4 is 79.8 Å². The van der Waals surface area contributed by atoms with Gasteiger partial charge in [-0.1, -0.05) is 121 Å². The third-order valence-electron chi connectivity index (χ3n) is 11.5. The van der Waals surface area contributed by atoms with Crippen molar-refractivity contribution in [2.24, 2.45) is 0 Å². The van der Waals surface area contributed by atoms with E-state index in [-0.39, 0.29) is 6.71 Å². The average Bonchev–Trinajstić information content (AvgIpc) is 3.28. The van der Waals surface area contributed by atoms with E-state index in [1.165, 1.54) is 31.7 Å². The maximum atomic E-state index is 7.11. The molecule has 0 atom stereocenters. The molecule has 6 heteroatoms. The Balaban J connectivity index is 1.04. The summed E-state index contributed by atoms with van der Waals surface area (Å²) in [7, 11) is 0. The van der Waals surface area contributed by atoms with Crippen molar-refractivity contribution in [3.05, 3.63) is 200 Å². The van der Waals surface area contributed by atoms with Crippen LogP contribution in [0.25, 0.3) is 21.9 Å². The normalized spacial score (nSPS) is 12.7. The molecule has 3 heterocycles. The van der Waals surface area contributed by atoms with Gasteiger partial charge >= 0.3 is 0 Å². The van der Waals surface area contributed by atoms with Crippen LogP contribution >= 0.6 is 11.8 Å². The molecule has 0 amide bonds. The summed E-state index contributed by atoms with van der Waals surface area (Å²) in [5, 5.41) is 2.47. The van der Waals surface area contributed by atoms with Crippen LogP contribution in [0.2, 0.25) is 0 Å². The van der Waals surface area contributed by atoms with Crippen molar-refractivity contribution in [3.63, 3.8) is 0 Å². The quantitative estimate of drug-likeness (QED) is 0.157. The third kappa shape index (κ3) is 5.19. The van der Waals surface area contributed by atoms with Crippen LogP contribution < -0.4 is 35.7 Å². The minimum atomic E-state index is -0.0505. The molecule has 0 aromatic heterocycles. The second kappa shape index (κ2) is 13.2. The summed E-state index contributed by atoms with van der Waals surface area (Å²) in [6.45, 7) is -0.0505. The highest BCUT2D eigenvalue weighted by Crippen LogP contribution is 2.53. The van der Waals surface area contributed by atoms with Crippen molar-refractivity contribution in [1.82, 2.24) is 0 Å². The molecule has 9 aromatic rings. The highest BCUT2D eigenvalue weighted by Gasteiger charge is 2.42. The van der Waals surface area contributed by atoms with Gasteiger partial charge in [-0.2, -0.15) is 0 Å². The van der Waals surface area contributed by atoms with Gasteiger partial charge in [0.05, 0.1) is 11.4 Å². The second-order valence-corrected chi connectivity index (χ2v) is 15.9. The standard InChI is InChI=1S/C52H33BN2O2S/c1-5-16-34(17-6-1)54(35-18-7-2-8-19-35)38-30-47-52-48(31-38)57-46-32-41-39-28-29-44(55(36-20-9-3-10-21-36)37-22-11-4-12-23-37)40-24-15-27-49(51(39)40)58-50(41)33-43(46)53(52)42-25-13-14-26-45(42)56-47/h1-33H. The Kier molecular flexibility index (Phi) is 7.53. The molecule has 0 fully saturated rings. The summed E-state index contributed by atoms with van der Waals surface area (Å²) in [6, 6.07) is 71.0. The Morgan fingerprint density at radius 3 is 1.59 bits per heavy atom. The van der Waals surface area contributed by atoms with Crippen LogP contribution in [0.15, 0.2) is 210 Å². The van der Waals surface area contributed by atoms with Gasteiger partial charge in [0.25, 0.3) is 6.71 Å². The first kappa shape index (κ1) is 33.0. The number of nitrogens with zero attached hydrogens (tertiary/aromatic N) is 2. The van der Waals surface area contributed by atoms with Crippen LogP contribution in [0, 0.1) is 0 Å². The van der Waals surface area contributed by atoms with Gasteiger partial charge in [-0.3, -0.25) is 0 Å². The highest BCUT2D eigenvalue weighted by atomic mass is 32.2. The maximum Gasteiger partial charge on any atom is 0.260 e. The van der Waals surface area contributed by atoms with Gasteiger partial charge in [0.15, 0.2) is 0 Å². The van der Waals surface area contributed by atoms with Gasteiger partial charge in [0.2, 0.25) is 0 Å². The number of anilines is 6. The second-order valence-electron chi connectivity index (χ2n) is 14.8. The monoisotopic (exact) mass is 760 g/mol. The molecular weight excluding hydrogens is 727 g/mol. The topological polar surface area (TPSA) is 24.9 Å². The fraction of sp³-hybridized carbons (Fsp3) is 0. The summed E-state index contributed by atoms with van der Waals surface area (Å²) in [5.74, 6) is 3.36. The average molecular weight is 761 g/mol. The van der Waals surface area contributed by atoms with Gasteiger partial charge in [-0.05, 0) is 101 Å². The van der Waals surface area contributed by atoms with E-state index >= 15 is 0 Å². The van der Waals surface area contributed by atoms with Crippen molar-refractivity contribution in [2.45, 2.75) is 9.79 Å². The predicted molar refractivity (Wildman–Crippen MR) is 241 cm³/mol. The summed E-state index contributed by atoms with van der Waals surface area (Å²) < 4.78 is 13.9. The molecule has 3 aliphatic heterocycles. The van der Waals surface area contributed by atoms with Gasteiger partial charge < -0.3 is 19.3 Å². The lowest BCUT2D eigenvalue weighted by Gasteiger charge is -2.35. The first-order valence-electron chi connectivity index (χ1n) is 19.6. The molecule has 4 nitrogen and oxygen atoms in total. The number of hydrogen-bond donors (Lipinski definition) is 0. The molecule has 12 rings (SSSR count). The van der Waals surface area contributed by atoms with Gasteiger partial charge in [0.1, 0.15) is 23.0 Å². The van der Waals surface area contributed by atoms with E-state index in [1.807, 2.05) is 11.8 Å². The van der Waals surface area contributed by atoms with E-state index in [1.54, 1.807) is 0 Å². The summed E-state index contributed by atoms with van der Waals surface area (Å²) in [4.78, 5) is 7.10. The first-order chi connectivity index (χ1) is 28.8. The van der Waals surface area contributed by atoms with E-state index in [0.29, 0.717) is 0 Å². The van der Waals surface area contributed by atoms with Crippen molar-refractivity contribution in [3.8, 4) is 34.1 Å². The fourth-order valence-corrected chi connectivity index (χ4v) is 10.2. The molecule has 0 aliphatic carbocycles. The van der Waals surface area contributed by atoms with Crippen molar-refractivity contribution < 1.29 is 9.47 Å². The van der Waals surface area contributed by atoms with Crippen LogP contribution in [0.1, 0.15) is 0 Å². The Morgan fingerprint density at radius 1 is 0.379 bits per heavy atom. The van der Waals surface area contributed by atoms with E-state index < -0.39 is 0 Å². The highest BCUT2D eigenvalue weighted by molar-refractivity contribution is 7.99. The van der Waals surface area contributed by atoms with Crippen LogP contribution in [0.3, 0.4) is 0 Å². The SMILES string of the molecule is c1ccc(N(c2ccccc2)c2cc3c4c(c2)Oc2cc5c(cc2B4c2ccccc2O3)Sc2cccc3c(N(c4ccccc4)c4ccccc4)ccc-5c23)cc1. The van der Waals surface area contributed by atoms with Crippen molar-refractivity contribution in [1.29, 1.82) is 0 Å². The molecule has 0 spiro atoms. The van der Waals surface area contributed by atoms with Crippen LogP contribution in [0.4, 0.5) is 34.1 Å². The largest absolute Gasteiger partial charge is 0.458 e. The lowest BCUT2D eigenvalue weighted by molar-refractivity contribution is 0.464. The Morgan fingerprint density at radius 2 is 0.948 bits per heavy atom. The van der Waals surface area contributed by atoms with E-state index in [4.69, 9.17) is 9.47 Å². The zero-order valence-corrected chi connectivity index (χ0v) is 32.1. The smallest absolute Gasteiger partial charge is 0.260 e. The molecule has 0 saturated carbocycles. The number of rotatable bonds is 6. The summed E-state index contributed by atoms with van der Waals surface area (Å²) >= 11 is 1.85. The molecule has 9 aromatic carbocycles. The van der Waals surface area contributed by atoms with E-state index in [2.05, 4.69) is 210 Å². The zero-order chi connectivity index (χ0) is 38.2. The number of ether oxygens (including phenoxy) is 2. The third-order valence-corrected chi connectivity index (χ3v) is 12.6. The lowest BCUT2D eigenvalue weighted by Crippen LogP contribution is -2.57. The molecule has 3 aliphatic rings. The molecule has 0 bridgehead atoms. The Hall–Kier alpha value is -7.15. The fourth-order valence-electron chi connectivity index (χ4n) is 9.05. The molecule has 0 saturated heterocycles. The predicted octanol–water partition coefficient (Wildman–Crippen LogP) is 12.6. The minimum absolute atomic E-state index is 0.0505. The molecule has 0 radical (unpaired) electrons. The molecule has 0 N–H and O–H groups in total. The molecular formula is C52H33BN2O2S.